The zero-order valence-corrected chi connectivity index (χ0v) is 17.7. The van der Waals surface area contributed by atoms with E-state index in [0.717, 1.165) is 33.4 Å². The summed E-state index contributed by atoms with van der Waals surface area (Å²) in [7, 11) is 2.28. The number of hydrogen-bond donors (Lipinski definition) is 1. The van der Waals surface area contributed by atoms with E-state index in [2.05, 4.69) is 32.2 Å². The molecule has 4 heterocycles. The maximum Gasteiger partial charge on any atom is 0.156 e. The van der Waals surface area contributed by atoms with Gasteiger partial charge in [-0.3, -0.25) is 5.10 Å². The number of nitrogens with one attached hydrogen (secondary N) is 1. The molecule has 1 N–H and O–H groups in total. The van der Waals surface area contributed by atoms with Gasteiger partial charge in [0.25, 0.3) is 0 Å². The van der Waals surface area contributed by atoms with Gasteiger partial charge in [-0.05, 0) is 76.9 Å². The first-order valence-electron chi connectivity index (χ1n) is 10.6. The Bertz CT molecular complexity index is 1220. The summed E-state index contributed by atoms with van der Waals surface area (Å²) in [6.45, 7) is 5.24. The topological polar surface area (TPSA) is 62.1 Å². The van der Waals surface area contributed by atoms with Crippen LogP contribution in [-0.2, 0) is 0 Å². The van der Waals surface area contributed by atoms with Gasteiger partial charge in [-0.2, -0.15) is 10.2 Å². The first-order chi connectivity index (χ1) is 14.4. The zero-order valence-electron chi connectivity index (χ0n) is 17.7. The lowest BCUT2D eigenvalue weighted by Crippen LogP contribution is -2.37. The number of nitrogens with zero attached hydrogens (tertiary/aromatic N) is 5. The molecule has 1 spiro atoms. The first-order valence-corrected chi connectivity index (χ1v) is 10.6. The molecule has 1 aliphatic heterocycles. The van der Waals surface area contributed by atoms with Crippen molar-refractivity contribution in [3.63, 3.8) is 0 Å². The second-order valence-electron chi connectivity index (χ2n) is 8.76. The van der Waals surface area contributed by atoms with Crippen LogP contribution in [0.5, 0.6) is 0 Å². The minimum atomic E-state index is -0.332. The van der Waals surface area contributed by atoms with E-state index in [0.29, 0.717) is 11.2 Å². The fraction of sp³-hybridized carbons (Fsp3) is 0.435. The molecule has 7 heteroatoms. The highest BCUT2D eigenvalue weighted by atomic mass is 19.1. The third kappa shape index (κ3) is 3.37. The predicted molar refractivity (Wildman–Crippen MR) is 116 cm³/mol. The van der Waals surface area contributed by atoms with Crippen LogP contribution >= 0.6 is 0 Å². The van der Waals surface area contributed by atoms with Crippen LogP contribution in [0.3, 0.4) is 0 Å². The van der Waals surface area contributed by atoms with Gasteiger partial charge in [-0.1, -0.05) is 6.42 Å². The van der Waals surface area contributed by atoms with Gasteiger partial charge in [0.05, 0.1) is 23.8 Å². The number of fused-ring (bicyclic) bond motifs is 2. The number of rotatable bonds is 1. The molecule has 1 aromatic carbocycles. The summed E-state index contributed by atoms with van der Waals surface area (Å²) in [4.78, 5) is 6.98. The van der Waals surface area contributed by atoms with Gasteiger partial charge in [0.2, 0.25) is 0 Å². The van der Waals surface area contributed by atoms with Crippen LogP contribution in [0.4, 0.5) is 4.39 Å². The molecular weight excluding hydrogens is 379 g/mol. The number of aryl methyl sites for hydroxylation is 2. The highest BCUT2D eigenvalue weighted by molar-refractivity contribution is 5.84. The molecule has 0 bridgehead atoms. The standard InChI is InChI=1S/C15H12FN5.C8H15N/c1-8-3-13(20-21-7-9(2)18-15(8)21)10-4-11-6-17-19-14(11)12(16)5-10;1-9-7-3-2-4-8(9)5-6-8/h3-7H,1-2H3,(H,17,19);2-7H2,1H3. The van der Waals surface area contributed by atoms with Crippen molar-refractivity contribution in [2.75, 3.05) is 13.6 Å². The number of imidazole rings is 1. The second-order valence-corrected chi connectivity index (χ2v) is 8.76. The number of benzene rings is 1. The van der Waals surface area contributed by atoms with Gasteiger partial charge in [0.1, 0.15) is 11.3 Å². The van der Waals surface area contributed by atoms with Crippen LogP contribution in [0.1, 0.15) is 43.4 Å². The van der Waals surface area contributed by atoms with E-state index in [1.807, 2.05) is 32.2 Å². The Kier molecular flexibility index (Phi) is 4.58. The average Bonchev–Trinajstić information content (AvgIpc) is 3.14. The summed E-state index contributed by atoms with van der Waals surface area (Å²) in [5.74, 6) is -0.332. The van der Waals surface area contributed by atoms with Gasteiger partial charge in [-0.25, -0.2) is 13.9 Å². The molecule has 0 radical (unpaired) electrons. The molecule has 0 atom stereocenters. The van der Waals surface area contributed by atoms with Gasteiger partial charge in [-0.15, -0.1) is 0 Å². The van der Waals surface area contributed by atoms with Crippen molar-refractivity contribution in [2.24, 2.45) is 0 Å². The van der Waals surface area contributed by atoms with Gasteiger partial charge >= 0.3 is 0 Å². The van der Waals surface area contributed by atoms with Crippen molar-refractivity contribution in [2.45, 2.75) is 51.5 Å². The number of piperidine rings is 1. The smallest absolute Gasteiger partial charge is 0.156 e. The molecule has 0 unspecified atom stereocenters. The van der Waals surface area contributed by atoms with Gasteiger partial charge in [0.15, 0.2) is 5.65 Å². The molecule has 156 valence electrons. The van der Waals surface area contributed by atoms with E-state index in [1.54, 1.807) is 10.7 Å². The molecule has 30 heavy (non-hydrogen) atoms. The molecule has 3 aromatic heterocycles. The summed E-state index contributed by atoms with van der Waals surface area (Å²) in [6, 6.07) is 5.26. The summed E-state index contributed by atoms with van der Waals surface area (Å²) < 4.78 is 15.8. The fourth-order valence-corrected chi connectivity index (χ4v) is 4.56. The third-order valence-corrected chi connectivity index (χ3v) is 6.55. The predicted octanol–water partition coefficient (Wildman–Crippen LogP) is 4.66. The summed E-state index contributed by atoms with van der Waals surface area (Å²) in [6.07, 6.45) is 10.8. The maximum absolute atomic E-state index is 14.1. The molecule has 0 amide bonds. The summed E-state index contributed by atoms with van der Waals surface area (Å²) >= 11 is 0. The van der Waals surface area contributed by atoms with Crippen LogP contribution in [-0.4, -0.2) is 48.8 Å². The third-order valence-electron chi connectivity index (χ3n) is 6.55. The molecule has 6 nitrogen and oxygen atoms in total. The zero-order chi connectivity index (χ0) is 20.9. The van der Waals surface area contributed by atoms with Crippen LogP contribution in [0.2, 0.25) is 0 Å². The molecule has 4 aromatic rings. The van der Waals surface area contributed by atoms with E-state index in [4.69, 9.17) is 0 Å². The molecule has 6 rings (SSSR count). The fourth-order valence-electron chi connectivity index (χ4n) is 4.56. The quantitative estimate of drug-likeness (QED) is 0.499. The van der Waals surface area contributed by atoms with E-state index in [9.17, 15) is 4.39 Å². The molecule has 2 aliphatic rings. The van der Waals surface area contributed by atoms with Gasteiger partial charge in [0, 0.05) is 16.5 Å². The minimum absolute atomic E-state index is 0.332. The Morgan fingerprint density at radius 2 is 1.93 bits per heavy atom. The Hall–Kier alpha value is -2.80. The highest BCUT2D eigenvalue weighted by Crippen LogP contribution is 2.47. The van der Waals surface area contributed by atoms with Crippen molar-refractivity contribution >= 4 is 16.6 Å². The second kappa shape index (κ2) is 7.16. The average molecular weight is 407 g/mol. The van der Waals surface area contributed by atoms with Crippen LogP contribution in [0.25, 0.3) is 27.8 Å². The first kappa shape index (κ1) is 19.2. The number of likely N-dealkylation sites (tertiary alicyclic amines) is 1. The van der Waals surface area contributed by atoms with Crippen LogP contribution in [0.15, 0.2) is 30.6 Å². The van der Waals surface area contributed by atoms with Crippen LogP contribution in [0, 0.1) is 19.7 Å². The summed E-state index contributed by atoms with van der Waals surface area (Å²) in [5.41, 5.74) is 5.28. The largest absolute Gasteiger partial charge is 0.301 e. The SMILES string of the molecule is CN1CCCCC12CC2.Cc1cn2nc(-c3cc(F)c4[nH]ncc4c3)cc(C)c2n1. The van der Waals surface area contributed by atoms with Crippen molar-refractivity contribution in [3.05, 3.63) is 47.7 Å². The normalized spacial score (nSPS) is 18.0. The lowest BCUT2D eigenvalue weighted by molar-refractivity contribution is 0.165. The van der Waals surface area contributed by atoms with E-state index in [1.165, 1.54) is 44.7 Å². The van der Waals surface area contributed by atoms with Crippen molar-refractivity contribution in [1.82, 2.24) is 29.7 Å². The highest BCUT2D eigenvalue weighted by Gasteiger charge is 2.46. The lowest BCUT2D eigenvalue weighted by atomic mass is 10.0. The molecule has 2 fully saturated rings. The monoisotopic (exact) mass is 406 g/mol. The number of halogens is 1. The van der Waals surface area contributed by atoms with Crippen molar-refractivity contribution in [1.29, 1.82) is 0 Å². The number of H-pyrrole nitrogens is 1. The Morgan fingerprint density at radius 3 is 2.67 bits per heavy atom. The molecule has 1 saturated carbocycles. The number of aromatic nitrogens is 5. The van der Waals surface area contributed by atoms with Gasteiger partial charge < -0.3 is 4.90 Å². The van der Waals surface area contributed by atoms with E-state index < -0.39 is 0 Å². The molecule has 1 saturated heterocycles. The van der Waals surface area contributed by atoms with Crippen molar-refractivity contribution in [3.8, 4) is 11.3 Å². The number of hydrogen-bond acceptors (Lipinski definition) is 4. The van der Waals surface area contributed by atoms with Crippen molar-refractivity contribution < 1.29 is 4.39 Å². The summed E-state index contributed by atoms with van der Waals surface area (Å²) in [5, 5.41) is 11.8. The number of aromatic amines is 1. The van der Waals surface area contributed by atoms with E-state index in [-0.39, 0.29) is 5.82 Å². The Labute approximate surface area is 175 Å². The minimum Gasteiger partial charge on any atom is -0.301 e. The van der Waals surface area contributed by atoms with Crippen LogP contribution < -0.4 is 0 Å². The lowest BCUT2D eigenvalue weighted by Gasteiger charge is -2.32. The molecule has 1 aliphatic carbocycles. The Morgan fingerprint density at radius 1 is 1.10 bits per heavy atom. The van der Waals surface area contributed by atoms with E-state index >= 15 is 0 Å². The Balaban J connectivity index is 0.000000178. The maximum atomic E-state index is 14.1. The molecular formula is C23H27FN6.